The van der Waals surface area contributed by atoms with Gasteiger partial charge in [0.2, 0.25) is 5.75 Å². The molecule has 1 N–H and O–H groups in total. The van der Waals surface area contributed by atoms with Crippen LogP contribution in [0.4, 0.5) is 0 Å². The number of benzene rings is 2. The summed E-state index contributed by atoms with van der Waals surface area (Å²) in [6.45, 7) is 2.41. The van der Waals surface area contributed by atoms with Gasteiger partial charge in [-0.05, 0) is 54.4 Å². The summed E-state index contributed by atoms with van der Waals surface area (Å²) in [5.41, 5.74) is 4.63. The molecule has 0 bridgehead atoms. The zero-order valence-corrected chi connectivity index (χ0v) is 18.6. The molecule has 0 saturated carbocycles. The highest BCUT2D eigenvalue weighted by molar-refractivity contribution is 5.98. The smallest absolute Gasteiger partial charge is 0.255 e. The first kappa shape index (κ1) is 21.5. The number of methoxy groups -OCH3 is 3. The van der Waals surface area contributed by atoms with Gasteiger partial charge < -0.3 is 24.3 Å². The van der Waals surface area contributed by atoms with Gasteiger partial charge in [-0.15, -0.1) is 0 Å². The van der Waals surface area contributed by atoms with Gasteiger partial charge in [0.15, 0.2) is 11.5 Å². The second kappa shape index (κ2) is 9.18. The average molecular weight is 434 g/mol. The number of fused-ring (bicyclic) bond motifs is 1. The first-order chi connectivity index (χ1) is 15.5. The van der Waals surface area contributed by atoms with Crippen molar-refractivity contribution in [2.45, 2.75) is 19.4 Å². The molecule has 166 valence electrons. The number of aromatic nitrogens is 1. The molecule has 0 aliphatic carbocycles. The maximum Gasteiger partial charge on any atom is 0.255 e. The SMILES string of the molecule is COc1ccc(C(=O)NCC2Cc3cc(-c4ncccc4C)ccc3O2)c(OC)c1OC. The standard InChI is InChI=1S/C25H26N2O5/c1-15-6-5-11-26-22(15)16-7-9-20-17(12-16)13-18(32-20)14-27-25(28)19-8-10-21(29-2)24(31-4)23(19)30-3/h5-12,18H,13-14H2,1-4H3,(H,27,28). The van der Waals surface area contributed by atoms with Crippen molar-refractivity contribution in [3.8, 4) is 34.3 Å². The van der Waals surface area contributed by atoms with Crippen LogP contribution in [0.2, 0.25) is 0 Å². The normalized spacial score (nSPS) is 14.3. The second-order valence-corrected chi connectivity index (χ2v) is 7.53. The van der Waals surface area contributed by atoms with Crippen LogP contribution in [0.15, 0.2) is 48.7 Å². The van der Waals surface area contributed by atoms with Crippen molar-refractivity contribution in [2.24, 2.45) is 0 Å². The number of hydrogen-bond acceptors (Lipinski definition) is 6. The van der Waals surface area contributed by atoms with Gasteiger partial charge in [0.25, 0.3) is 5.91 Å². The van der Waals surface area contributed by atoms with Crippen LogP contribution in [-0.4, -0.2) is 44.9 Å². The minimum Gasteiger partial charge on any atom is -0.493 e. The molecule has 7 heteroatoms. The van der Waals surface area contributed by atoms with Gasteiger partial charge >= 0.3 is 0 Å². The third kappa shape index (κ3) is 4.06. The molecule has 1 aromatic heterocycles. The molecule has 7 nitrogen and oxygen atoms in total. The van der Waals surface area contributed by atoms with Crippen molar-refractivity contribution in [1.82, 2.24) is 10.3 Å². The molecule has 0 fully saturated rings. The average Bonchev–Trinajstić information content (AvgIpc) is 3.23. The lowest BCUT2D eigenvalue weighted by Crippen LogP contribution is -2.34. The van der Waals surface area contributed by atoms with E-state index in [0.717, 1.165) is 28.1 Å². The van der Waals surface area contributed by atoms with Gasteiger partial charge in [0.1, 0.15) is 11.9 Å². The fourth-order valence-corrected chi connectivity index (χ4v) is 3.95. The summed E-state index contributed by atoms with van der Waals surface area (Å²) in [7, 11) is 4.53. The van der Waals surface area contributed by atoms with Crippen LogP contribution in [0.1, 0.15) is 21.5 Å². The molecular formula is C25H26N2O5. The summed E-state index contributed by atoms with van der Waals surface area (Å²) in [5.74, 6) is 1.77. The lowest BCUT2D eigenvalue weighted by molar-refractivity contribution is 0.0929. The number of carbonyl (C=O) groups excluding carboxylic acids is 1. The van der Waals surface area contributed by atoms with E-state index in [2.05, 4.69) is 16.4 Å². The highest BCUT2D eigenvalue weighted by Gasteiger charge is 2.26. The van der Waals surface area contributed by atoms with Gasteiger partial charge in [-0.2, -0.15) is 0 Å². The van der Waals surface area contributed by atoms with Crippen LogP contribution in [0.3, 0.4) is 0 Å². The Hall–Kier alpha value is -3.74. The zero-order chi connectivity index (χ0) is 22.7. The fraction of sp³-hybridized carbons (Fsp3) is 0.280. The molecule has 2 heterocycles. The minimum absolute atomic E-state index is 0.153. The third-order valence-electron chi connectivity index (χ3n) is 5.52. The third-order valence-corrected chi connectivity index (χ3v) is 5.52. The van der Waals surface area contributed by atoms with E-state index in [1.165, 1.54) is 21.3 Å². The molecule has 0 spiro atoms. The maximum absolute atomic E-state index is 12.8. The number of nitrogens with one attached hydrogen (secondary N) is 1. The summed E-state index contributed by atoms with van der Waals surface area (Å²) in [5, 5.41) is 2.94. The van der Waals surface area contributed by atoms with Crippen LogP contribution in [0.25, 0.3) is 11.3 Å². The molecule has 1 atom stereocenters. The number of pyridine rings is 1. The van der Waals surface area contributed by atoms with Gasteiger partial charge in [-0.25, -0.2) is 0 Å². The van der Waals surface area contributed by atoms with Gasteiger partial charge in [0.05, 0.1) is 39.1 Å². The number of ether oxygens (including phenoxy) is 4. The molecule has 32 heavy (non-hydrogen) atoms. The van der Waals surface area contributed by atoms with Crippen molar-refractivity contribution >= 4 is 5.91 Å². The van der Waals surface area contributed by atoms with Crippen LogP contribution in [0, 0.1) is 6.92 Å². The molecule has 1 aliphatic heterocycles. The molecule has 1 amide bonds. The molecule has 1 aliphatic rings. The Morgan fingerprint density at radius 1 is 1.09 bits per heavy atom. The lowest BCUT2D eigenvalue weighted by Gasteiger charge is -2.16. The second-order valence-electron chi connectivity index (χ2n) is 7.53. The van der Waals surface area contributed by atoms with Gasteiger partial charge in [0, 0.05) is 18.2 Å². The molecule has 1 unspecified atom stereocenters. The van der Waals surface area contributed by atoms with E-state index < -0.39 is 0 Å². The number of hydrogen-bond donors (Lipinski definition) is 1. The number of aryl methyl sites for hydroxylation is 1. The van der Waals surface area contributed by atoms with E-state index in [9.17, 15) is 4.79 Å². The Morgan fingerprint density at radius 3 is 2.62 bits per heavy atom. The van der Waals surface area contributed by atoms with E-state index >= 15 is 0 Å². The van der Waals surface area contributed by atoms with E-state index in [1.54, 1.807) is 18.3 Å². The quantitative estimate of drug-likeness (QED) is 0.609. The Bertz CT molecular complexity index is 1150. The molecule has 3 aromatic rings. The first-order valence-corrected chi connectivity index (χ1v) is 10.3. The van der Waals surface area contributed by atoms with E-state index in [1.807, 2.05) is 31.2 Å². The van der Waals surface area contributed by atoms with Crippen molar-refractivity contribution in [1.29, 1.82) is 0 Å². The molecule has 0 saturated heterocycles. The predicted octanol–water partition coefficient (Wildman–Crippen LogP) is 3.82. The molecular weight excluding hydrogens is 408 g/mol. The van der Waals surface area contributed by atoms with Crippen LogP contribution >= 0.6 is 0 Å². The fourth-order valence-electron chi connectivity index (χ4n) is 3.95. The summed E-state index contributed by atoms with van der Waals surface area (Å²) in [6.07, 6.45) is 2.35. The van der Waals surface area contributed by atoms with Crippen molar-refractivity contribution < 1.29 is 23.7 Å². The van der Waals surface area contributed by atoms with Crippen LogP contribution in [-0.2, 0) is 6.42 Å². The van der Waals surface area contributed by atoms with E-state index in [0.29, 0.717) is 35.8 Å². The van der Waals surface area contributed by atoms with Gasteiger partial charge in [-0.1, -0.05) is 6.07 Å². The Kier molecular flexibility index (Phi) is 6.16. The van der Waals surface area contributed by atoms with Gasteiger partial charge in [-0.3, -0.25) is 9.78 Å². The predicted molar refractivity (Wildman–Crippen MR) is 121 cm³/mol. The van der Waals surface area contributed by atoms with Crippen LogP contribution < -0.4 is 24.3 Å². The van der Waals surface area contributed by atoms with Crippen molar-refractivity contribution in [2.75, 3.05) is 27.9 Å². The zero-order valence-electron chi connectivity index (χ0n) is 18.6. The molecule has 4 rings (SSSR count). The van der Waals surface area contributed by atoms with Crippen molar-refractivity contribution in [3.63, 3.8) is 0 Å². The largest absolute Gasteiger partial charge is 0.493 e. The highest BCUT2D eigenvalue weighted by atomic mass is 16.5. The van der Waals surface area contributed by atoms with Crippen LogP contribution in [0.5, 0.6) is 23.0 Å². The lowest BCUT2D eigenvalue weighted by atomic mass is 10.0. The van der Waals surface area contributed by atoms with E-state index in [4.69, 9.17) is 18.9 Å². The van der Waals surface area contributed by atoms with Crippen molar-refractivity contribution in [3.05, 3.63) is 65.4 Å². The summed E-state index contributed by atoms with van der Waals surface area (Å²) in [6, 6.07) is 13.4. The Morgan fingerprint density at radius 2 is 1.91 bits per heavy atom. The molecule has 0 radical (unpaired) electrons. The monoisotopic (exact) mass is 434 g/mol. The molecule has 2 aromatic carbocycles. The van der Waals surface area contributed by atoms with E-state index in [-0.39, 0.29) is 12.0 Å². The number of amides is 1. The highest BCUT2D eigenvalue weighted by Crippen LogP contribution is 2.39. The first-order valence-electron chi connectivity index (χ1n) is 10.3. The Balaban J connectivity index is 1.45. The minimum atomic E-state index is -0.271. The number of carbonyl (C=O) groups is 1. The Labute approximate surface area is 187 Å². The topological polar surface area (TPSA) is 78.9 Å². The number of rotatable bonds is 7. The summed E-state index contributed by atoms with van der Waals surface area (Å²) in [4.78, 5) is 17.3. The number of nitrogens with zero attached hydrogens (tertiary/aromatic N) is 1. The maximum atomic E-state index is 12.8. The summed E-state index contributed by atoms with van der Waals surface area (Å²) >= 11 is 0. The summed E-state index contributed by atoms with van der Waals surface area (Å²) < 4.78 is 22.1.